The molecule has 0 amide bonds. The predicted molar refractivity (Wildman–Crippen MR) is 86.5 cm³/mol. The molecule has 0 aliphatic rings. The normalized spacial score (nSPS) is 12.3. The van der Waals surface area contributed by atoms with Gasteiger partial charge in [0.2, 0.25) is 0 Å². The maximum absolute atomic E-state index is 4.53. The van der Waals surface area contributed by atoms with Gasteiger partial charge >= 0.3 is 0 Å². The molecule has 21 heavy (non-hydrogen) atoms. The number of nitrogens with one attached hydrogen (secondary N) is 1. The first-order valence-electron chi connectivity index (χ1n) is 7.16. The van der Waals surface area contributed by atoms with E-state index in [1.807, 2.05) is 42.2 Å². The van der Waals surface area contributed by atoms with Crippen LogP contribution in [0, 0.1) is 0 Å². The molecule has 3 aromatic rings. The van der Waals surface area contributed by atoms with E-state index in [1.54, 1.807) is 0 Å². The van der Waals surface area contributed by atoms with Crippen molar-refractivity contribution in [3.05, 3.63) is 72.6 Å². The molecule has 3 rings (SSSR count). The smallest absolute Gasteiger partial charge is 0.0693 e. The van der Waals surface area contributed by atoms with Gasteiger partial charge in [0.15, 0.2) is 0 Å². The predicted octanol–water partition coefficient (Wildman–Crippen LogP) is 3.82. The molecule has 1 aromatic heterocycles. The lowest BCUT2D eigenvalue weighted by Crippen LogP contribution is -2.15. The van der Waals surface area contributed by atoms with E-state index in [1.165, 1.54) is 11.1 Å². The average Bonchev–Trinajstić information content (AvgIpc) is 3.05. The summed E-state index contributed by atoms with van der Waals surface area (Å²) < 4.78 is 1.95. The molecule has 1 atom stereocenters. The lowest BCUT2D eigenvalue weighted by Gasteiger charge is -2.15. The van der Waals surface area contributed by atoms with Crippen molar-refractivity contribution in [2.45, 2.75) is 13.0 Å². The highest BCUT2D eigenvalue weighted by atomic mass is 15.3. The van der Waals surface area contributed by atoms with E-state index in [0.29, 0.717) is 0 Å². The van der Waals surface area contributed by atoms with Crippen molar-refractivity contribution in [2.75, 3.05) is 7.05 Å². The van der Waals surface area contributed by atoms with Gasteiger partial charge in [-0.25, -0.2) is 4.68 Å². The zero-order valence-electron chi connectivity index (χ0n) is 12.3. The Labute approximate surface area is 125 Å². The number of nitrogens with zero attached hydrogens (tertiary/aromatic N) is 2. The minimum atomic E-state index is 0.283. The van der Waals surface area contributed by atoms with Crippen molar-refractivity contribution < 1.29 is 0 Å². The first kappa shape index (κ1) is 13.6. The summed E-state index contributed by atoms with van der Waals surface area (Å²) in [6.45, 7) is 2.15. The number of para-hydroxylation sites is 1. The van der Waals surface area contributed by atoms with Crippen LogP contribution in [0.5, 0.6) is 0 Å². The van der Waals surface area contributed by atoms with Gasteiger partial charge in [-0.2, -0.15) is 5.10 Å². The lowest BCUT2D eigenvalue weighted by atomic mass is 10.1. The number of hydrogen-bond acceptors (Lipinski definition) is 2. The first-order chi connectivity index (χ1) is 10.3. The Kier molecular flexibility index (Phi) is 3.84. The van der Waals surface area contributed by atoms with Crippen molar-refractivity contribution in [3.63, 3.8) is 0 Å². The second-order valence-electron chi connectivity index (χ2n) is 5.11. The lowest BCUT2D eigenvalue weighted by molar-refractivity contribution is 0.644. The molecule has 3 heteroatoms. The molecule has 1 N–H and O–H groups in total. The summed E-state index contributed by atoms with van der Waals surface area (Å²) in [5.41, 5.74) is 4.66. The van der Waals surface area contributed by atoms with Crippen LogP contribution in [0.25, 0.3) is 16.8 Å². The Morgan fingerprint density at radius 1 is 0.952 bits per heavy atom. The summed E-state index contributed by atoms with van der Waals surface area (Å²) in [5.74, 6) is 0. The highest BCUT2D eigenvalue weighted by Gasteiger charge is 2.11. The Bertz CT molecular complexity index is 716. The monoisotopic (exact) mass is 277 g/mol. The van der Waals surface area contributed by atoms with E-state index in [0.717, 1.165) is 11.3 Å². The van der Waals surface area contributed by atoms with Crippen LogP contribution in [-0.2, 0) is 0 Å². The minimum Gasteiger partial charge on any atom is -0.313 e. The van der Waals surface area contributed by atoms with E-state index in [9.17, 15) is 0 Å². The van der Waals surface area contributed by atoms with Crippen LogP contribution in [-0.4, -0.2) is 16.8 Å². The van der Waals surface area contributed by atoms with Crippen molar-refractivity contribution >= 4 is 0 Å². The third-order valence-electron chi connectivity index (χ3n) is 3.77. The van der Waals surface area contributed by atoms with E-state index >= 15 is 0 Å². The fourth-order valence-electron chi connectivity index (χ4n) is 2.45. The Morgan fingerprint density at radius 3 is 2.43 bits per heavy atom. The molecule has 106 valence electrons. The van der Waals surface area contributed by atoms with Crippen LogP contribution in [0.3, 0.4) is 0 Å². The van der Waals surface area contributed by atoms with Crippen LogP contribution >= 0.6 is 0 Å². The molecule has 0 aliphatic carbocycles. The van der Waals surface area contributed by atoms with Crippen molar-refractivity contribution in [1.29, 1.82) is 0 Å². The van der Waals surface area contributed by atoms with Crippen LogP contribution in [0.15, 0.2) is 67.0 Å². The van der Waals surface area contributed by atoms with Gasteiger partial charge in [-0.15, -0.1) is 0 Å². The van der Waals surface area contributed by atoms with Crippen molar-refractivity contribution in [1.82, 2.24) is 15.1 Å². The average molecular weight is 277 g/mol. The van der Waals surface area contributed by atoms with Gasteiger partial charge in [0.1, 0.15) is 0 Å². The summed E-state index contributed by atoms with van der Waals surface area (Å²) >= 11 is 0. The topological polar surface area (TPSA) is 29.9 Å². The molecule has 0 spiro atoms. The molecule has 2 aromatic carbocycles. The quantitative estimate of drug-likeness (QED) is 0.785. The highest BCUT2D eigenvalue weighted by Crippen LogP contribution is 2.24. The van der Waals surface area contributed by atoms with E-state index in [2.05, 4.69) is 53.9 Å². The van der Waals surface area contributed by atoms with Gasteiger partial charge in [-0.05, 0) is 31.2 Å². The van der Waals surface area contributed by atoms with E-state index < -0.39 is 0 Å². The standard InChI is InChI=1S/C18H19N3/c1-14(19-2)17-10-6-7-11-18(17)21-13-16(12-20-21)15-8-4-3-5-9-15/h3-14,19H,1-2H3. The molecule has 1 heterocycles. The number of aromatic nitrogens is 2. The fraction of sp³-hybridized carbons (Fsp3) is 0.167. The Hall–Kier alpha value is -2.39. The van der Waals surface area contributed by atoms with Gasteiger partial charge in [-0.1, -0.05) is 48.5 Å². The van der Waals surface area contributed by atoms with Crippen LogP contribution in [0.1, 0.15) is 18.5 Å². The molecule has 0 aliphatic heterocycles. The summed E-state index contributed by atoms with van der Waals surface area (Å²) in [6.07, 6.45) is 3.99. The fourth-order valence-corrected chi connectivity index (χ4v) is 2.45. The molecule has 0 fully saturated rings. The van der Waals surface area contributed by atoms with Crippen molar-refractivity contribution in [2.24, 2.45) is 0 Å². The Morgan fingerprint density at radius 2 is 1.67 bits per heavy atom. The first-order valence-corrected chi connectivity index (χ1v) is 7.16. The second kappa shape index (κ2) is 5.94. The third kappa shape index (κ3) is 2.73. The molecule has 0 saturated carbocycles. The molecular formula is C18H19N3. The van der Waals surface area contributed by atoms with Gasteiger partial charge in [-0.3, -0.25) is 0 Å². The van der Waals surface area contributed by atoms with Gasteiger partial charge < -0.3 is 5.32 Å². The maximum Gasteiger partial charge on any atom is 0.0693 e. The zero-order chi connectivity index (χ0) is 14.7. The SMILES string of the molecule is CNC(C)c1ccccc1-n1cc(-c2ccccc2)cn1. The van der Waals surface area contributed by atoms with Crippen molar-refractivity contribution in [3.8, 4) is 16.8 Å². The van der Waals surface area contributed by atoms with E-state index in [-0.39, 0.29) is 6.04 Å². The number of hydrogen-bond donors (Lipinski definition) is 1. The molecule has 1 unspecified atom stereocenters. The molecular weight excluding hydrogens is 258 g/mol. The van der Waals surface area contributed by atoms with Gasteiger partial charge in [0.05, 0.1) is 11.9 Å². The molecule has 0 saturated heterocycles. The third-order valence-corrected chi connectivity index (χ3v) is 3.77. The summed E-state index contributed by atoms with van der Waals surface area (Å²) in [4.78, 5) is 0. The highest BCUT2D eigenvalue weighted by molar-refractivity contribution is 5.62. The van der Waals surface area contributed by atoms with E-state index in [4.69, 9.17) is 0 Å². The summed E-state index contributed by atoms with van der Waals surface area (Å²) in [7, 11) is 1.97. The van der Waals surface area contributed by atoms with Gasteiger partial charge in [0, 0.05) is 17.8 Å². The van der Waals surface area contributed by atoms with Crippen LogP contribution in [0.4, 0.5) is 0 Å². The molecule has 3 nitrogen and oxygen atoms in total. The second-order valence-corrected chi connectivity index (χ2v) is 5.11. The minimum absolute atomic E-state index is 0.283. The Balaban J connectivity index is 2.01. The molecule has 0 bridgehead atoms. The summed E-state index contributed by atoms with van der Waals surface area (Å²) in [6, 6.07) is 19.0. The van der Waals surface area contributed by atoms with Crippen LogP contribution < -0.4 is 5.32 Å². The number of rotatable bonds is 4. The largest absolute Gasteiger partial charge is 0.313 e. The number of benzene rings is 2. The summed E-state index contributed by atoms with van der Waals surface area (Å²) in [5, 5.41) is 7.82. The maximum atomic E-state index is 4.53. The zero-order valence-corrected chi connectivity index (χ0v) is 12.3. The van der Waals surface area contributed by atoms with Gasteiger partial charge in [0.25, 0.3) is 0 Å². The molecule has 0 radical (unpaired) electrons. The van der Waals surface area contributed by atoms with Crippen LogP contribution in [0.2, 0.25) is 0 Å².